The van der Waals surface area contributed by atoms with Crippen LogP contribution in [0.2, 0.25) is 0 Å². The Hall–Kier alpha value is -3.35. The summed E-state index contributed by atoms with van der Waals surface area (Å²) in [7, 11) is 0. The molecule has 0 radical (unpaired) electrons. The molecule has 2 aromatic carbocycles. The van der Waals surface area contributed by atoms with Crippen LogP contribution in [-0.2, 0) is 14.3 Å². The molecule has 0 saturated heterocycles. The molecule has 2 atom stereocenters. The van der Waals surface area contributed by atoms with Crippen molar-refractivity contribution in [2.24, 2.45) is 11.8 Å². The van der Waals surface area contributed by atoms with Crippen LogP contribution in [0.4, 0.5) is 4.79 Å². The fourth-order valence-electron chi connectivity index (χ4n) is 5.01. The summed E-state index contributed by atoms with van der Waals surface area (Å²) < 4.78 is 5.62. The molecule has 4 rings (SSSR count). The van der Waals surface area contributed by atoms with Gasteiger partial charge in [0.15, 0.2) is 0 Å². The van der Waals surface area contributed by atoms with Crippen molar-refractivity contribution in [1.82, 2.24) is 10.6 Å². The summed E-state index contributed by atoms with van der Waals surface area (Å²) in [6.07, 6.45) is 3.61. The largest absolute Gasteiger partial charge is 0.481 e. The molecule has 2 aliphatic carbocycles. The average molecular weight is 479 g/mol. The Bertz CT molecular complexity index is 1020. The van der Waals surface area contributed by atoms with Crippen LogP contribution >= 0.6 is 0 Å². The highest BCUT2D eigenvalue weighted by Gasteiger charge is 2.34. The van der Waals surface area contributed by atoms with Gasteiger partial charge in [0.05, 0.1) is 6.42 Å². The number of ether oxygens (including phenoxy) is 1. The summed E-state index contributed by atoms with van der Waals surface area (Å²) in [5, 5.41) is 14.8. The van der Waals surface area contributed by atoms with E-state index in [9.17, 15) is 14.4 Å². The molecule has 0 heterocycles. The van der Waals surface area contributed by atoms with Gasteiger partial charge >= 0.3 is 12.1 Å². The summed E-state index contributed by atoms with van der Waals surface area (Å²) in [6, 6.07) is 15.6. The zero-order valence-corrected chi connectivity index (χ0v) is 20.2. The zero-order chi connectivity index (χ0) is 24.8. The van der Waals surface area contributed by atoms with Crippen molar-refractivity contribution in [1.29, 1.82) is 0 Å². The van der Waals surface area contributed by atoms with Crippen molar-refractivity contribution in [3.05, 3.63) is 59.7 Å². The van der Waals surface area contributed by atoms with Crippen LogP contribution in [0.5, 0.6) is 0 Å². The van der Waals surface area contributed by atoms with Gasteiger partial charge in [-0.2, -0.15) is 0 Å². The summed E-state index contributed by atoms with van der Waals surface area (Å²) in [5.41, 5.74) is 4.57. The van der Waals surface area contributed by atoms with Crippen LogP contribution in [0.25, 0.3) is 11.1 Å². The predicted molar refractivity (Wildman–Crippen MR) is 133 cm³/mol. The quantitative estimate of drug-likeness (QED) is 0.410. The van der Waals surface area contributed by atoms with Crippen LogP contribution in [0.15, 0.2) is 48.5 Å². The first-order chi connectivity index (χ1) is 17.0. The zero-order valence-electron chi connectivity index (χ0n) is 20.2. The monoisotopic (exact) mass is 478 g/mol. The Morgan fingerprint density at radius 1 is 1.03 bits per heavy atom. The van der Waals surface area contributed by atoms with Crippen molar-refractivity contribution in [2.45, 2.75) is 57.4 Å². The number of benzene rings is 2. The number of alkyl carbamates (subject to hydrolysis) is 1. The molecule has 0 spiro atoms. The molecular formula is C28H34N2O5. The molecule has 7 heteroatoms. The number of hydrogen-bond acceptors (Lipinski definition) is 4. The maximum atomic E-state index is 12.9. The highest BCUT2D eigenvalue weighted by molar-refractivity contribution is 5.85. The number of carboxylic acids is 1. The maximum absolute atomic E-state index is 12.9. The van der Waals surface area contributed by atoms with Crippen LogP contribution in [-0.4, -0.2) is 42.3 Å². The molecule has 2 aliphatic rings. The van der Waals surface area contributed by atoms with Gasteiger partial charge in [-0.25, -0.2) is 4.79 Å². The van der Waals surface area contributed by atoms with E-state index in [2.05, 4.69) is 34.9 Å². The maximum Gasteiger partial charge on any atom is 0.407 e. The minimum absolute atomic E-state index is 0.0460. The van der Waals surface area contributed by atoms with E-state index in [0.717, 1.165) is 47.9 Å². The average Bonchev–Trinajstić information content (AvgIpc) is 3.65. The Balaban J connectivity index is 1.34. The summed E-state index contributed by atoms with van der Waals surface area (Å²) in [4.78, 5) is 36.7. The fourth-order valence-corrected chi connectivity index (χ4v) is 5.01. The van der Waals surface area contributed by atoms with Crippen LogP contribution < -0.4 is 10.6 Å². The number of carbonyl (C=O) groups excluding carboxylic acids is 2. The van der Waals surface area contributed by atoms with Crippen LogP contribution in [0.1, 0.15) is 62.5 Å². The number of carbonyl (C=O) groups is 3. The van der Waals surface area contributed by atoms with E-state index in [-0.39, 0.29) is 30.8 Å². The molecule has 2 amide bonds. The van der Waals surface area contributed by atoms with E-state index in [1.54, 1.807) is 0 Å². The van der Waals surface area contributed by atoms with E-state index in [0.29, 0.717) is 18.9 Å². The second kappa shape index (κ2) is 11.4. The lowest BCUT2D eigenvalue weighted by Crippen LogP contribution is -2.48. The SMILES string of the molecule is CCCC[C@H](NC(=O)OCC1c2ccccc2-c2ccccc21)C(=O)NCC(CC(=O)O)C1CC1. The standard InChI is InChI=1S/C28H34N2O5/c1-2-3-12-25(27(33)29-16-19(15-26(31)32)18-13-14-18)30-28(34)35-17-24-22-10-6-4-8-20(22)21-9-5-7-11-23(21)24/h4-11,18-19,24-25H,2-3,12-17H2,1H3,(H,29,33)(H,30,34)(H,31,32)/t19?,25-/m0/s1. The third-order valence-corrected chi connectivity index (χ3v) is 7.06. The van der Waals surface area contributed by atoms with Crippen molar-refractivity contribution in [2.75, 3.05) is 13.2 Å². The molecule has 1 unspecified atom stereocenters. The molecule has 35 heavy (non-hydrogen) atoms. The summed E-state index contributed by atoms with van der Waals surface area (Å²) in [6.45, 7) is 2.52. The highest BCUT2D eigenvalue weighted by atomic mass is 16.5. The van der Waals surface area contributed by atoms with Gasteiger partial charge in [0.25, 0.3) is 0 Å². The molecular weight excluding hydrogens is 444 g/mol. The summed E-state index contributed by atoms with van der Waals surface area (Å²) >= 11 is 0. The van der Waals surface area contributed by atoms with E-state index >= 15 is 0 Å². The fraction of sp³-hybridized carbons (Fsp3) is 0.464. The molecule has 7 nitrogen and oxygen atoms in total. The van der Waals surface area contributed by atoms with Crippen LogP contribution in [0, 0.1) is 11.8 Å². The van der Waals surface area contributed by atoms with E-state index < -0.39 is 18.1 Å². The molecule has 1 saturated carbocycles. The van der Waals surface area contributed by atoms with Gasteiger partial charge in [-0.1, -0.05) is 68.3 Å². The number of carboxylic acid groups (broad SMARTS) is 1. The minimum atomic E-state index is -0.851. The third kappa shape index (κ3) is 6.21. The van der Waals surface area contributed by atoms with Gasteiger partial charge in [-0.15, -0.1) is 0 Å². The topological polar surface area (TPSA) is 105 Å². The number of aliphatic carboxylic acids is 1. The second-order valence-corrected chi connectivity index (χ2v) is 9.61. The van der Waals surface area contributed by atoms with E-state index in [4.69, 9.17) is 9.84 Å². The first kappa shape index (κ1) is 24.8. The number of unbranched alkanes of at least 4 members (excludes halogenated alkanes) is 1. The molecule has 0 bridgehead atoms. The Labute approximate surface area is 206 Å². The molecule has 186 valence electrons. The van der Waals surface area contributed by atoms with Gasteiger partial charge in [0.1, 0.15) is 12.6 Å². The molecule has 1 fully saturated rings. The van der Waals surface area contributed by atoms with Crippen molar-refractivity contribution in [3.63, 3.8) is 0 Å². The van der Waals surface area contributed by atoms with Gasteiger partial charge in [-0.3, -0.25) is 9.59 Å². The highest BCUT2D eigenvalue weighted by Crippen LogP contribution is 2.44. The molecule has 0 aromatic heterocycles. The molecule has 0 aliphatic heterocycles. The van der Waals surface area contributed by atoms with Crippen molar-refractivity contribution < 1.29 is 24.2 Å². The molecule has 2 aromatic rings. The van der Waals surface area contributed by atoms with E-state index in [1.165, 1.54) is 0 Å². The summed E-state index contributed by atoms with van der Waals surface area (Å²) in [5.74, 6) is -0.904. The van der Waals surface area contributed by atoms with Gasteiger partial charge in [0, 0.05) is 12.5 Å². The smallest absolute Gasteiger partial charge is 0.407 e. The first-order valence-electron chi connectivity index (χ1n) is 12.6. The number of nitrogens with one attached hydrogen (secondary N) is 2. The normalized spacial score (nSPS) is 16.0. The lowest BCUT2D eigenvalue weighted by Gasteiger charge is -2.21. The first-order valence-corrected chi connectivity index (χ1v) is 12.6. The van der Waals surface area contributed by atoms with Crippen molar-refractivity contribution in [3.8, 4) is 11.1 Å². The lowest BCUT2D eigenvalue weighted by atomic mass is 9.98. The Morgan fingerprint density at radius 3 is 2.23 bits per heavy atom. The number of rotatable bonds is 12. The van der Waals surface area contributed by atoms with Crippen LogP contribution in [0.3, 0.4) is 0 Å². The van der Waals surface area contributed by atoms with Gasteiger partial charge < -0.3 is 20.5 Å². The number of fused-ring (bicyclic) bond motifs is 3. The lowest BCUT2D eigenvalue weighted by molar-refractivity contribution is -0.138. The second-order valence-electron chi connectivity index (χ2n) is 9.61. The number of amides is 2. The number of hydrogen-bond donors (Lipinski definition) is 3. The Kier molecular flexibility index (Phi) is 8.06. The Morgan fingerprint density at radius 2 is 1.66 bits per heavy atom. The molecule has 3 N–H and O–H groups in total. The van der Waals surface area contributed by atoms with Gasteiger partial charge in [-0.05, 0) is 53.4 Å². The predicted octanol–water partition coefficient (Wildman–Crippen LogP) is 4.70. The van der Waals surface area contributed by atoms with Crippen molar-refractivity contribution >= 4 is 18.0 Å². The van der Waals surface area contributed by atoms with E-state index in [1.807, 2.05) is 31.2 Å². The van der Waals surface area contributed by atoms with Gasteiger partial charge in [0.2, 0.25) is 5.91 Å². The third-order valence-electron chi connectivity index (χ3n) is 7.06. The minimum Gasteiger partial charge on any atom is -0.481 e.